The zero-order valence-electron chi connectivity index (χ0n) is 12.6. The molecule has 0 heterocycles. The van der Waals surface area contributed by atoms with E-state index in [1.807, 2.05) is 30.3 Å². The molecule has 1 atom stereocenters. The smallest absolute Gasteiger partial charge is 0.270 e. The van der Waals surface area contributed by atoms with Crippen molar-refractivity contribution in [1.29, 1.82) is 0 Å². The predicted octanol–water partition coefficient (Wildman–Crippen LogP) is 4.36. The minimum Gasteiger partial charge on any atom is -0.352 e. The first-order valence-electron chi connectivity index (χ1n) is 7.50. The normalized spacial score (nSPS) is 14.9. The highest BCUT2D eigenvalue weighted by atomic mass is 35.5. The molecule has 124 valence electrons. The van der Waals surface area contributed by atoms with Crippen molar-refractivity contribution in [2.75, 3.05) is 0 Å². The molecule has 7 heteroatoms. The molecule has 2 aromatic rings. The Labute approximate surface area is 148 Å². The van der Waals surface area contributed by atoms with Crippen LogP contribution in [0.2, 0.25) is 5.02 Å². The van der Waals surface area contributed by atoms with E-state index in [2.05, 4.69) is 5.32 Å². The molecule has 0 bridgehead atoms. The minimum absolute atomic E-state index is 0.0666. The quantitative estimate of drug-likeness (QED) is 0.470. The van der Waals surface area contributed by atoms with Crippen LogP contribution in [0.1, 0.15) is 23.7 Å². The Morgan fingerprint density at radius 3 is 2.54 bits per heavy atom. The van der Waals surface area contributed by atoms with Gasteiger partial charge in [-0.05, 0) is 24.5 Å². The van der Waals surface area contributed by atoms with Gasteiger partial charge in [0.1, 0.15) is 5.25 Å². The second-order valence-corrected chi connectivity index (χ2v) is 7.12. The molecule has 0 aliphatic heterocycles. The average molecular weight is 363 g/mol. The first-order valence-corrected chi connectivity index (χ1v) is 8.76. The zero-order chi connectivity index (χ0) is 17.1. The molecule has 1 aliphatic carbocycles. The lowest BCUT2D eigenvalue weighted by atomic mass is 10.1. The van der Waals surface area contributed by atoms with Crippen LogP contribution in [0.4, 0.5) is 5.69 Å². The number of nitrogens with one attached hydrogen (secondary N) is 1. The molecule has 0 radical (unpaired) electrons. The fourth-order valence-electron chi connectivity index (χ4n) is 2.23. The standard InChI is InChI=1S/C17H15ClN2O3S/c18-14-10-13(20(22)23)8-9-15(14)24-16(11-4-2-1-3-5-11)17(21)19-12-6-7-12/h1-5,8-10,12,16H,6-7H2,(H,19,21)/t16-/m0/s1. The summed E-state index contributed by atoms with van der Waals surface area (Å²) in [6, 6.07) is 14.0. The number of rotatable bonds is 6. The molecule has 2 aromatic carbocycles. The maximum atomic E-state index is 12.6. The van der Waals surface area contributed by atoms with Gasteiger partial charge in [-0.25, -0.2) is 0 Å². The van der Waals surface area contributed by atoms with E-state index < -0.39 is 10.2 Å². The minimum atomic E-state index is -0.491. The van der Waals surface area contributed by atoms with E-state index in [1.165, 1.54) is 23.9 Å². The molecule has 0 spiro atoms. The van der Waals surface area contributed by atoms with E-state index in [0.29, 0.717) is 4.90 Å². The number of nitro benzene ring substituents is 1. The van der Waals surface area contributed by atoms with Gasteiger partial charge in [0.15, 0.2) is 0 Å². The van der Waals surface area contributed by atoms with Crippen LogP contribution in [0.5, 0.6) is 0 Å². The van der Waals surface area contributed by atoms with Crippen LogP contribution in [0, 0.1) is 10.1 Å². The molecule has 1 fully saturated rings. The van der Waals surface area contributed by atoms with E-state index >= 15 is 0 Å². The molecule has 0 unspecified atom stereocenters. The summed E-state index contributed by atoms with van der Waals surface area (Å²) < 4.78 is 0. The van der Waals surface area contributed by atoms with Gasteiger partial charge >= 0.3 is 0 Å². The van der Waals surface area contributed by atoms with Gasteiger partial charge < -0.3 is 5.32 Å². The summed E-state index contributed by atoms with van der Waals surface area (Å²) in [5.41, 5.74) is 0.804. The van der Waals surface area contributed by atoms with Crippen LogP contribution in [-0.2, 0) is 4.79 Å². The van der Waals surface area contributed by atoms with Crippen molar-refractivity contribution in [1.82, 2.24) is 5.32 Å². The third-order valence-corrected chi connectivity index (χ3v) is 5.39. The van der Waals surface area contributed by atoms with Gasteiger partial charge in [0, 0.05) is 23.1 Å². The highest BCUT2D eigenvalue weighted by Gasteiger charge is 2.29. The Hall–Kier alpha value is -2.05. The summed E-state index contributed by atoms with van der Waals surface area (Å²) in [5.74, 6) is -0.0666. The predicted molar refractivity (Wildman–Crippen MR) is 94.3 cm³/mol. The van der Waals surface area contributed by atoms with Crippen LogP contribution >= 0.6 is 23.4 Å². The van der Waals surface area contributed by atoms with Gasteiger partial charge in [-0.1, -0.05) is 41.9 Å². The second-order valence-electron chi connectivity index (χ2n) is 5.56. The Morgan fingerprint density at radius 1 is 1.25 bits per heavy atom. The van der Waals surface area contributed by atoms with Gasteiger partial charge in [0.2, 0.25) is 5.91 Å². The Kier molecular flexibility index (Phi) is 5.06. The molecular formula is C17H15ClN2O3S. The first kappa shape index (κ1) is 16.8. The van der Waals surface area contributed by atoms with Crippen LogP contribution < -0.4 is 5.32 Å². The van der Waals surface area contributed by atoms with Crippen molar-refractivity contribution >= 4 is 35.0 Å². The summed E-state index contributed by atoms with van der Waals surface area (Å²) in [5, 5.41) is 13.7. The van der Waals surface area contributed by atoms with Gasteiger partial charge in [-0.15, -0.1) is 11.8 Å². The van der Waals surface area contributed by atoms with E-state index in [1.54, 1.807) is 6.07 Å². The number of nitrogens with zero attached hydrogens (tertiary/aromatic N) is 1. The van der Waals surface area contributed by atoms with E-state index in [0.717, 1.165) is 18.4 Å². The average Bonchev–Trinajstić information content (AvgIpc) is 3.38. The molecule has 5 nitrogen and oxygen atoms in total. The fourth-order valence-corrected chi connectivity index (χ4v) is 3.58. The highest BCUT2D eigenvalue weighted by Crippen LogP contribution is 2.40. The van der Waals surface area contributed by atoms with Crippen LogP contribution in [0.25, 0.3) is 0 Å². The van der Waals surface area contributed by atoms with Crippen molar-refractivity contribution in [3.8, 4) is 0 Å². The maximum absolute atomic E-state index is 12.6. The van der Waals surface area contributed by atoms with E-state index in [-0.39, 0.29) is 22.7 Å². The molecule has 1 amide bonds. The summed E-state index contributed by atoms with van der Waals surface area (Å²) in [4.78, 5) is 23.6. The third-order valence-electron chi connectivity index (χ3n) is 3.64. The number of hydrogen-bond donors (Lipinski definition) is 1. The lowest BCUT2D eigenvalue weighted by molar-refractivity contribution is -0.384. The first-order chi connectivity index (χ1) is 11.5. The maximum Gasteiger partial charge on any atom is 0.270 e. The lowest BCUT2D eigenvalue weighted by Gasteiger charge is -2.17. The third kappa shape index (κ3) is 4.07. The molecule has 0 aromatic heterocycles. The van der Waals surface area contributed by atoms with Gasteiger partial charge in [-0.3, -0.25) is 14.9 Å². The van der Waals surface area contributed by atoms with Crippen LogP contribution in [0.3, 0.4) is 0 Å². The number of carbonyl (C=O) groups excluding carboxylic acids is 1. The Bertz CT molecular complexity index is 766. The van der Waals surface area contributed by atoms with Crippen LogP contribution in [-0.4, -0.2) is 16.9 Å². The molecule has 1 aliphatic rings. The number of nitro groups is 1. The van der Waals surface area contributed by atoms with E-state index in [4.69, 9.17) is 11.6 Å². The van der Waals surface area contributed by atoms with Crippen LogP contribution in [0.15, 0.2) is 53.4 Å². The molecule has 1 N–H and O–H groups in total. The molecule has 1 saturated carbocycles. The monoisotopic (exact) mass is 362 g/mol. The number of thioether (sulfide) groups is 1. The number of benzene rings is 2. The Morgan fingerprint density at radius 2 is 1.96 bits per heavy atom. The van der Waals surface area contributed by atoms with E-state index in [9.17, 15) is 14.9 Å². The zero-order valence-corrected chi connectivity index (χ0v) is 14.2. The summed E-state index contributed by atoms with van der Waals surface area (Å²) >= 11 is 7.47. The number of carbonyl (C=O) groups is 1. The summed E-state index contributed by atoms with van der Waals surface area (Å²) in [6.45, 7) is 0. The summed E-state index contributed by atoms with van der Waals surface area (Å²) in [6.07, 6.45) is 2.02. The highest BCUT2D eigenvalue weighted by molar-refractivity contribution is 8.00. The number of halogens is 1. The van der Waals surface area contributed by atoms with Crippen molar-refractivity contribution in [3.63, 3.8) is 0 Å². The van der Waals surface area contributed by atoms with Crippen molar-refractivity contribution in [3.05, 3.63) is 69.2 Å². The number of amides is 1. The van der Waals surface area contributed by atoms with Crippen molar-refractivity contribution < 1.29 is 9.72 Å². The fraction of sp³-hybridized carbons (Fsp3) is 0.235. The molecular weight excluding hydrogens is 348 g/mol. The lowest BCUT2D eigenvalue weighted by Crippen LogP contribution is -2.29. The van der Waals surface area contributed by atoms with Crippen molar-refractivity contribution in [2.24, 2.45) is 0 Å². The van der Waals surface area contributed by atoms with Gasteiger partial charge in [0.05, 0.1) is 9.95 Å². The van der Waals surface area contributed by atoms with Gasteiger partial charge in [0.25, 0.3) is 5.69 Å². The topological polar surface area (TPSA) is 72.2 Å². The second kappa shape index (κ2) is 7.23. The van der Waals surface area contributed by atoms with Crippen molar-refractivity contribution in [2.45, 2.75) is 29.0 Å². The molecule has 3 rings (SSSR count). The largest absolute Gasteiger partial charge is 0.352 e. The Balaban J connectivity index is 1.86. The SMILES string of the molecule is O=C(NC1CC1)[C@@H](Sc1ccc([N+](=O)[O-])cc1Cl)c1ccccc1. The number of non-ortho nitro benzene ring substituents is 1. The molecule has 0 saturated heterocycles. The van der Waals surface area contributed by atoms with Gasteiger partial charge in [-0.2, -0.15) is 0 Å². The molecule has 24 heavy (non-hydrogen) atoms. The number of hydrogen-bond acceptors (Lipinski definition) is 4. The summed E-state index contributed by atoms with van der Waals surface area (Å²) in [7, 11) is 0.